The van der Waals surface area contributed by atoms with Crippen LogP contribution in [0.1, 0.15) is 12.5 Å². The van der Waals surface area contributed by atoms with Crippen LogP contribution in [0.3, 0.4) is 0 Å². The number of hydrazone groups is 1. The summed E-state index contributed by atoms with van der Waals surface area (Å²) in [6, 6.07) is 16.1. The summed E-state index contributed by atoms with van der Waals surface area (Å²) in [4.78, 5) is 12.2. The number of benzene rings is 2. The van der Waals surface area contributed by atoms with Crippen LogP contribution in [0, 0.1) is 0 Å². The molecule has 25 heavy (non-hydrogen) atoms. The monoisotopic (exact) mass is 423 g/mol. The van der Waals surface area contributed by atoms with Crippen LogP contribution < -0.4 is 9.73 Å². The molecule has 132 valence electrons. The Hall–Kier alpha value is -2.19. The van der Waals surface area contributed by atoms with Crippen LogP contribution in [-0.2, 0) is 14.8 Å². The van der Waals surface area contributed by atoms with Crippen molar-refractivity contribution in [3.8, 4) is 0 Å². The SMILES string of the molecule is C/C(=N\NC(=O)CN(c1cccc(Br)c1)S(C)(=O)=O)c1ccccc1. The maximum absolute atomic E-state index is 12.2. The van der Waals surface area contributed by atoms with Gasteiger partial charge in [-0.3, -0.25) is 9.10 Å². The highest BCUT2D eigenvalue weighted by molar-refractivity contribution is 9.10. The van der Waals surface area contributed by atoms with Gasteiger partial charge in [-0.2, -0.15) is 5.10 Å². The van der Waals surface area contributed by atoms with Crippen LogP contribution >= 0.6 is 15.9 Å². The molecule has 0 aliphatic carbocycles. The van der Waals surface area contributed by atoms with Gasteiger partial charge in [0.15, 0.2) is 0 Å². The van der Waals surface area contributed by atoms with Crippen molar-refractivity contribution in [1.82, 2.24) is 5.43 Å². The number of amides is 1. The van der Waals surface area contributed by atoms with Gasteiger partial charge in [-0.15, -0.1) is 0 Å². The zero-order chi connectivity index (χ0) is 18.4. The van der Waals surface area contributed by atoms with Crippen molar-refractivity contribution in [1.29, 1.82) is 0 Å². The van der Waals surface area contributed by atoms with Gasteiger partial charge in [0, 0.05) is 4.47 Å². The first-order chi connectivity index (χ1) is 11.8. The molecule has 0 unspecified atom stereocenters. The molecule has 0 bridgehead atoms. The quantitative estimate of drug-likeness (QED) is 0.572. The second-order valence-electron chi connectivity index (χ2n) is 5.35. The van der Waals surface area contributed by atoms with Gasteiger partial charge in [0.2, 0.25) is 10.0 Å². The van der Waals surface area contributed by atoms with Crippen LogP contribution in [0.5, 0.6) is 0 Å². The summed E-state index contributed by atoms with van der Waals surface area (Å²) in [5.41, 5.74) is 4.30. The normalized spacial score (nSPS) is 11.9. The second kappa shape index (κ2) is 8.26. The minimum Gasteiger partial charge on any atom is -0.271 e. The molecule has 2 rings (SSSR count). The molecule has 0 atom stereocenters. The summed E-state index contributed by atoms with van der Waals surface area (Å²) in [7, 11) is -3.62. The first-order valence-corrected chi connectivity index (χ1v) is 10.0. The van der Waals surface area contributed by atoms with E-state index in [2.05, 4.69) is 26.5 Å². The lowest BCUT2D eigenvalue weighted by Gasteiger charge is -2.21. The molecule has 0 heterocycles. The third-order valence-corrected chi connectivity index (χ3v) is 4.96. The van der Waals surface area contributed by atoms with Gasteiger partial charge < -0.3 is 0 Å². The Morgan fingerprint density at radius 1 is 1.16 bits per heavy atom. The minimum atomic E-state index is -3.62. The van der Waals surface area contributed by atoms with Crippen LogP contribution in [-0.4, -0.2) is 32.8 Å². The van der Waals surface area contributed by atoms with Gasteiger partial charge in [-0.05, 0) is 30.7 Å². The molecule has 1 N–H and O–H groups in total. The molecule has 2 aromatic rings. The number of anilines is 1. The van der Waals surface area contributed by atoms with E-state index in [1.54, 1.807) is 31.2 Å². The lowest BCUT2D eigenvalue weighted by molar-refractivity contribution is -0.119. The molecule has 0 aliphatic rings. The molecule has 8 heteroatoms. The van der Waals surface area contributed by atoms with Gasteiger partial charge in [0.05, 0.1) is 17.7 Å². The van der Waals surface area contributed by atoms with E-state index in [4.69, 9.17) is 0 Å². The van der Waals surface area contributed by atoms with Crippen LogP contribution in [0.25, 0.3) is 0 Å². The van der Waals surface area contributed by atoms with E-state index in [-0.39, 0.29) is 6.54 Å². The zero-order valence-corrected chi connectivity index (χ0v) is 16.2. The molecule has 0 radical (unpaired) electrons. The summed E-state index contributed by atoms with van der Waals surface area (Å²) in [5.74, 6) is -0.527. The van der Waals surface area contributed by atoms with E-state index in [1.165, 1.54) is 0 Å². The standard InChI is InChI=1S/C17H18BrN3O3S/c1-13(14-7-4-3-5-8-14)19-20-17(22)12-21(25(2,23)24)16-10-6-9-15(18)11-16/h3-11H,12H2,1-2H3,(H,20,22)/b19-13+. The number of hydrogen-bond acceptors (Lipinski definition) is 4. The molecule has 0 spiro atoms. The van der Waals surface area contributed by atoms with Crippen molar-refractivity contribution < 1.29 is 13.2 Å². The van der Waals surface area contributed by atoms with Crippen molar-refractivity contribution >= 4 is 43.3 Å². The van der Waals surface area contributed by atoms with Crippen LogP contribution in [0.4, 0.5) is 5.69 Å². The summed E-state index contributed by atoms with van der Waals surface area (Å²) >= 11 is 3.30. The number of nitrogens with zero attached hydrogens (tertiary/aromatic N) is 2. The first-order valence-electron chi connectivity index (χ1n) is 7.39. The first kappa shape index (κ1) is 19.1. The molecular weight excluding hydrogens is 406 g/mol. The highest BCUT2D eigenvalue weighted by atomic mass is 79.9. The summed E-state index contributed by atoms with van der Waals surface area (Å²) < 4.78 is 25.8. The van der Waals surface area contributed by atoms with E-state index in [9.17, 15) is 13.2 Å². The topological polar surface area (TPSA) is 78.8 Å². The van der Waals surface area contributed by atoms with Crippen molar-refractivity contribution in [2.24, 2.45) is 5.10 Å². The molecular formula is C17H18BrN3O3S. The largest absolute Gasteiger partial charge is 0.271 e. The predicted molar refractivity (Wildman–Crippen MR) is 103 cm³/mol. The van der Waals surface area contributed by atoms with E-state index in [1.807, 2.05) is 30.3 Å². The Morgan fingerprint density at radius 3 is 2.44 bits per heavy atom. The smallest absolute Gasteiger partial charge is 0.260 e. The number of sulfonamides is 1. The Bertz CT molecular complexity index is 883. The average molecular weight is 424 g/mol. The van der Waals surface area contributed by atoms with E-state index < -0.39 is 15.9 Å². The van der Waals surface area contributed by atoms with Gasteiger partial charge >= 0.3 is 0 Å². The highest BCUT2D eigenvalue weighted by Crippen LogP contribution is 2.21. The van der Waals surface area contributed by atoms with Crippen molar-refractivity contribution in [3.63, 3.8) is 0 Å². The van der Waals surface area contributed by atoms with Crippen molar-refractivity contribution in [2.75, 3.05) is 17.1 Å². The van der Waals surface area contributed by atoms with E-state index in [0.29, 0.717) is 11.4 Å². The van der Waals surface area contributed by atoms with Crippen LogP contribution in [0.15, 0.2) is 64.2 Å². The summed E-state index contributed by atoms with van der Waals surface area (Å²) in [6.07, 6.45) is 1.06. The average Bonchev–Trinajstić information content (AvgIpc) is 2.57. The van der Waals surface area contributed by atoms with Gasteiger partial charge in [0.25, 0.3) is 5.91 Å². The molecule has 6 nitrogen and oxygen atoms in total. The predicted octanol–water partition coefficient (Wildman–Crippen LogP) is 2.76. The third-order valence-electron chi connectivity index (χ3n) is 3.32. The Morgan fingerprint density at radius 2 is 1.84 bits per heavy atom. The lowest BCUT2D eigenvalue weighted by atomic mass is 10.1. The Labute approximate surface area is 155 Å². The van der Waals surface area contributed by atoms with E-state index >= 15 is 0 Å². The second-order valence-corrected chi connectivity index (χ2v) is 8.17. The highest BCUT2D eigenvalue weighted by Gasteiger charge is 2.20. The lowest BCUT2D eigenvalue weighted by Crippen LogP contribution is -2.39. The minimum absolute atomic E-state index is 0.360. The van der Waals surface area contributed by atoms with Gasteiger partial charge in [-0.25, -0.2) is 13.8 Å². The molecule has 0 saturated heterocycles. The summed E-state index contributed by atoms with van der Waals surface area (Å²) in [5, 5.41) is 4.03. The number of rotatable bonds is 6. The fraction of sp³-hybridized carbons (Fsp3) is 0.176. The number of hydrogen-bond donors (Lipinski definition) is 1. The third kappa shape index (κ3) is 5.68. The van der Waals surface area contributed by atoms with E-state index in [0.717, 1.165) is 20.6 Å². The maximum atomic E-state index is 12.2. The van der Waals surface area contributed by atoms with Gasteiger partial charge in [0.1, 0.15) is 6.54 Å². The number of carbonyl (C=O) groups excluding carboxylic acids is 1. The number of carbonyl (C=O) groups is 1. The van der Waals surface area contributed by atoms with Crippen LogP contribution in [0.2, 0.25) is 0 Å². The van der Waals surface area contributed by atoms with Gasteiger partial charge in [-0.1, -0.05) is 52.3 Å². The fourth-order valence-electron chi connectivity index (χ4n) is 2.09. The van der Waals surface area contributed by atoms with Crippen molar-refractivity contribution in [2.45, 2.75) is 6.92 Å². The number of nitrogens with one attached hydrogen (secondary N) is 1. The van der Waals surface area contributed by atoms with Crippen molar-refractivity contribution in [3.05, 3.63) is 64.6 Å². The molecule has 0 aliphatic heterocycles. The Kier molecular flexibility index (Phi) is 6.33. The zero-order valence-electron chi connectivity index (χ0n) is 13.8. The molecule has 2 aromatic carbocycles. The summed E-state index contributed by atoms with van der Waals surface area (Å²) in [6.45, 7) is 1.40. The molecule has 0 fully saturated rings. The fourth-order valence-corrected chi connectivity index (χ4v) is 3.32. The number of halogens is 1. The Balaban J connectivity index is 2.13. The molecule has 0 saturated carbocycles. The molecule has 0 aromatic heterocycles. The molecule has 1 amide bonds. The maximum Gasteiger partial charge on any atom is 0.260 e.